The number of nitrogens with zero attached hydrogens (tertiary/aromatic N) is 1. The Morgan fingerprint density at radius 3 is 2.67 bits per heavy atom. The van der Waals surface area contributed by atoms with Gasteiger partial charge < -0.3 is 5.11 Å². The van der Waals surface area contributed by atoms with Crippen LogP contribution in [-0.4, -0.2) is 16.1 Å². The lowest BCUT2D eigenvalue weighted by atomic mass is 10.1. The summed E-state index contributed by atoms with van der Waals surface area (Å²) in [6.45, 7) is 0. The van der Waals surface area contributed by atoms with Gasteiger partial charge in [-0.15, -0.1) is 0 Å². The zero-order chi connectivity index (χ0) is 11.6. The molecule has 0 aromatic carbocycles. The van der Waals surface area contributed by atoms with Gasteiger partial charge in [0.1, 0.15) is 0 Å². The van der Waals surface area contributed by atoms with Crippen molar-refractivity contribution in [3.05, 3.63) is 27.7 Å². The average Bonchev–Trinajstić information content (AvgIpc) is 2.10. The Bertz CT molecular complexity index is 398. The van der Waals surface area contributed by atoms with E-state index in [1.807, 2.05) is 0 Å². The Morgan fingerprint density at radius 1 is 1.60 bits per heavy atom. The van der Waals surface area contributed by atoms with Gasteiger partial charge >= 0.3 is 5.97 Å². The van der Waals surface area contributed by atoms with Gasteiger partial charge in [0.25, 0.3) is 6.43 Å². The molecule has 0 radical (unpaired) electrons. The number of carbonyl (C=O) groups is 1. The van der Waals surface area contributed by atoms with Crippen molar-refractivity contribution < 1.29 is 23.1 Å². The van der Waals surface area contributed by atoms with E-state index in [-0.39, 0.29) is 5.69 Å². The number of pyridine rings is 1. The summed E-state index contributed by atoms with van der Waals surface area (Å²) in [5, 5.41) is 8.44. The van der Waals surface area contributed by atoms with Crippen molar-refractivity contribution in [2.75, 3.05) is 0 Å². The summed E-state index contributed by atoms with van der Waals surface area (Å²) in [6.07, 6.45) is -2.94. The molecule has 7 heteroatoms. The highest BCUT2D eigenvalue weighted by Gasteiger charge is 2.22. The summed E-state index contributed by atoms with van der Waals surface area (Å²) in [5.41, 5.74) is -1.05. The number of aliphatic carboxylic acids is 1. The number of carboxylic acid groups (broad SMARTS) is 1. The number of hydrogen-bond donors (Lipinski definition) is 1. The molecule has 0 spiro atoms. The molecule has 82 valence electrons. The lowest BCUT2D eigenvalue weighted by Crippen LogP contribution is -2.08. The van der Waals surface area contributed by atoms with Crippen LogP contribution >= 0.6 is 15.9 Å². The molecule has 0 amide bonds. The number of alkyl halides is 2. The molecule has 0 fully saturated rings. The molecule has 0 aliphatic rings. The van der Waals surface area contributed by atoms with Crippen LogP contribution in [0.1, 0.15) is 17.7 Å². The first-order valence-electron chi connectivity index (χ1n) is 3.76. The van der Waals surface area contributed by atoms with E-state index in [1.54, 1.807) is 0 Å². The van der Waals surface area contributed by atoms with Crippen LogP contribution in [0.2, 0.25) is 0 Å². The van der Waals surface area contributed by atoms with Gasteiger partial charge in [0.15, 0.2) is 5.82 Å². The molecule has 1 heterocycles. The fourth-order valence-electron chi connectivity index (χ4n) is 1.02. The molecule has 0 unspecified atom stereocenters. The average molecular weight is 284 g/mol. The van der Waals surface area contributed by atoms with Crippen LogP contribution in [0.25, 0.3) is 0 Å². The summed E-state index contributed by atoms with van der Waals surface area (Å²) >= 11 is 2.63. The maximum atomic E-state index is 12.9. The van der Waals surface area contributed by atoms with E-state index < -0.39 is 34.7 Å². The van der Waals surface area contributed by atoms with Gasteiger partial charge in [-0.3, -0.25) is 9.78 Å². The van der Waals surface area contributed by atoms with E-state index in [4.69, 9.17) is 5.11 Å². The Morgan fingerprint density at radius 2 is 2.20 bits per heavy atom. The SMILES string of the molecule is O=C(O)Cc1ncc(F)c(Br)c1C(F)F. The van der Waals surface area contributed by atoms with Crippen molar-refractivity contribution in [2.45, 2.75) is 12.8 Å². The number of rotatable bonds is 3. The smallest absolute Gasteiger partial charge is 0.309 e. The van der Waals surface area contributed by atoms with E-state index in [1.165, 1.54) is 0 Å². The second kappa shape index (κ2) is 4.61. The van der Waals surface area contributed by atoms with Crippen molar-refractivity contribution in [1.82, 2.24) is 4.98 Å². The minimum absolute atomic E-state index is 0.342. The fraction of sp³-hybridized carbons (Fsp3) is 0.250. The molecule has 1 N–H and O–H groups in total. The molecule has 1 aromatic rings. The first-order valence-corrected chi connectivity index (χ1v) is 4.55. The quantitative estimate of drug-likeness (QED) is 0.928. The summed E-state index contributed by atoms with van der Waals surface area (Å²) in [6, 6.07) is 0. The standard InChI is InChI=1S/C8H5BrF3NO2/c9-7-3(10)2-13-4(1-5(14)15)6(7)8(11)12/h2,8H,1H2,(H,14,15). The predicted molar refractivity (Wildman–Crippen MR) is 48.2 cm³/mol. The lowest BCUT2D eigenvalue weighted by Gasteiger charge is -2.08. The zero-order valence-electron chi connectivity index (χ0n) is 7.18. The second-order valence-electron chi connectivity index (χ2n) is 2.65. The molecule has 0 bridgehead atoms. The van der Waals surface area contributed by atoms with Gasteiger partial charge in [0.2, 0.25) is 0 Å². The number of halogens is 4. The Balaban J connectivity index is 3.26. The van der Waals surface area contributed by atoms with Crippen molar-refractivity contribution in [1.29, 1.82) is 0 Å². The lowest BCUT2D eigenvalue weighted by molar-refractivity contribution is -0.136. The summed E-state index contributed by atoms with van der Waals surface area (Å²) in [7, 11) is 0. The van der Waals surface area contributed by atoms with Crippen LogP contribution < -0.4 is 0 Å². The van der Waals surface area contributed by atoms with Gasteiger partial charge in [-0.2, -0.15) is 0 Å². The van der Waals surface area contributed by atoms with Gasteiger partial charge in [-0.25, -0.2) is 13.2 Å². The highest BCUT2D eigenvalue weighted by Crippen LogP contribution is 2.31. The maximum absolute atomic E-state index is 12.9. The predicted octanol–water partition coefficient (Wildman–Crippen LogP) is 2.55. The van der Waals surface area contributed by atoms with Crippen LogP contribution in [0, 0.1) is 5.82 Å². The van der Waals surface area contributed by atoms with Crippen LogP contribution in [-0.2, 0) is 11.2 Å². The largest absolute Gasteiger partial charge is 0.481 e. The molecule has 1 aromatic heterocycles. The second-order valence-corrected chi connectivity index (χ2v) is 3.44. The topological polar surface area (TPSA) is 50.2 Å². The maximum Gasteiger partial charge on any atom is 0.309 e. The zero-order valence-corrected chi connectivity index (χ0v) is 8.76. The Hall–Kier alpha value is -1.11. The molecule has 15 heavy (non-hydrogen) atoms. The molecule has 0 aliphatic heterocycles. The summed E-state index contributed by atoms with van der Waals surface area (Å²) in [5.74, 6) is -2.25. The Kier molecular flexibility index (Phi) is 3.67. The third kappa shape index (κ3) is 2.68. The molecular weight excluding hydrogens is 279 g/mol. The third-order valence-electron chi connectivity index (χ3n) is 1.63. The molecule has 1 rings (SSSR count). The molecule has 0 aliphatic carbocycles. The van der Waals surface area contributed by atoms with E-state index in [0.717, 1.165) is 0 Å². The number of carboxylic acids is 1. The van der Waals surface area contributed by atoms with Crippen molar-refractivity contribution >= 4 is 21.9 Å². The third-order valence-corrected chi connectivity index (χ3v) is 2.43. The minimum atomic E-state index is -2.98. The highest BCUT2D eigenvalue weighted by molar-refractivity contribution is 9.10. The molecule has 0 saturated heterocycles. The molecule has 0 saturated carbocycles. The Labute approximate surface area is 91.1 Å². The van der Waals surface area contributed by atoms with Gasteiger partial charge in [0.05, 0.1) is 28.3 Å². The van der Waals surface area contributed by atoms with E-state index in [0.29, 0.717) is 6.20 Å². The minimum Gasteiger partial charge on any atom is -0.481 e. The number of aromatic nitrogens is 1. The van der Waals surface area contributed by atoms with Crippen LogP contribution in [0.5, 0.6) is 0 Å². The first kappa shape index (κ1) is 12.0. The monoisotopic (exact) mass is 283 g/mol. The normalized spacial score (nSPS) is 10.7. The van der Waals surface area contributed by atoms with Gasteiger partial charge in [0, 0.05) is 0 Å². The van der Waals surface area contributed by atoms with E-state index in [9.17, 15) is 18.0 Å². The van der Waals surface area contributed by atoms with Crippen molar-refractivity contribution in [2.24, 2.45) is 0 Å². The van der Waals surface area contributed by atoms with Crippen molar-refractivity contribution in [3.8, 4) is 0 Å². The summed E-state index contributed by atoms with van der Waals surface area (Å²) in [4.78, 5) is 13.7. The van der Waals surface area contributed by atoms with Crippen LogP contribution in [0.3, 0.4) is 0 Å². The van der Waals surface area contributed by atoms with Crippen LogP contribution in [0.4, 0.5) is 13.2 Å². The molecule has 3 nitrogen and oxygen atoms in total. The number of hydrogen-bond acceptors (Lipinski definition) is 2. The van der Waals surface area contributed by atoms with Crippen molar-refractivity contribution in [3.63, 3.8) is 0 Å². The van der Waals surface area contributed by atoms with Gasteiger partial charge in [-0.05, 0) is 15.9 Å². The van der Waals surface area contributed by atoms with Crippen LogP contribution in [0.15, 0.2) is 10.7 Å². The fourth-order valence-corrected chi connectivity index (χ4v) is 1.53. The molecule has 0 atom stereocenters. The first-order chi connectivity index (χ1) is 6.93. The summed E-state index contributed by atoms with van der Waals surface area (Å²) < 4.78 is 37.4. The molecular formula is C8H5BrF3NO2. The highest BCUT2D eigenvalue weighted by atomic mass is 79.9. The van der Waals surface area contributed by atoms with E-state index in [2.05, 4.69) is 20.9 Å². The van der Waals surface area contributed by atoms with E-state index >= 15 is 0 Å². The van der Waals surface area contributed by atoms with Gasteiger partial charge in [-0.1, -0.05) is 0 Å².